The summed E-state index contributed by atoms with van der Waals surface area (Å²) < 4.78 is 26.7. The Kier molecular flexibility index (Phi) is 11.8. The van der Waals surface area contributed by atoms with Crippen LogP contribution in [0.2, 0.25) is 5.02 Å². The lowest BCUT2D eigenvalue weighted by molar-refractivity contribution is -0.141. The van der Waals surface area contributed by atoms with Crippen LogP contribution in [0, 0.1) is 6.92 Å². The molecule has 3 aromatic rings. The normalized spacial score (nSPS) is 12.8. The van der Waals surface area contributed by atoms with Gasteiger partial charge in [-0.05, 0) is 55.5 Å². The summed E-state index contributed by atoms with van der Waals surface area (Å²) in [5.41, 5.74) is 3.00. The Bertz CT molecular complexity index is 1400. The lowest BCUT2D eigenvalue weighted by Crippen LogP contribution is -2.52. The molecule has 0 bridgehead atoms. The average Bonchev–Trinajstić information content (AvgIpc) is 2.95. The predicted octanol–water partition coefficient (Wildman–Crippen LogP) is 5.75. The van der Waals surface area contributed by atoms with Crippen LogP contribution in [-0.2, 0) is 32.6 Å². The second-order valence-corrected chi connectivity index (χ2v) is 12.7. The molecule has 0 radical (unpaired) electrons. The van der Waals surface area contributed by atoms with Crippen LogP contribution in [-0.4, -0.2) is 50.0 Å². The fraction of sp³-hybridized carbons (Fsp3) is 0.375. The number of halogens is 1. The Labute approximate surface area is 249 Å². The van der Waals surface area contributed by atoms with Crippen molar-refractivity contribution < 1.29 is 18.0 Å². The van der Waals surface area contributed by atoms with Gasteiger partial charge in [0.15, 0.2) is 0 Å². The lowest BCUT2D eigenvalue weighted by atomic mass is 10.0. The van der Waals surface area contributed by atoms with Crippen LogP contribution in [0.15, 0.2) is 78.9 Å². The molecule has 41 heavy (non-hydrogen) atoms. The van der Waals surface area contributed by atoms with Gasteiger partial charge in [-0.2, -0.15) is 0 Å². The maximum absolute atomic E-state index is 13.9. The van der Waals surface area contributed by atoms with Gasteiger partial charge in [-0.15, -0.1) is 0 Å². The first kappa shape index (κ1) is 32.2. The van der Waals surface area contributed by atoms with Gasteiger partial charge in [-0.25, -0.2) is 8.42 Å². The van der Waals surface area contributed by atoms with E-state index < -0.39 is 16.1 Å². The molecule has 1 N–H and O–H groups in total. The number of rotatable bonds is 14. The Hall–Kier alpha value is -3.36. The monoisotopic (exact) mass is 597 g/mol. The third kappa shape index (κ3) is 9.33. The SMILES string of the molecule is CCC(C)NC(=O)C(Cc1ccccc1)N(Cc1ccccc1)C(=O)CCCN(c1cccc(Cl)c1C)S(C)(=O)=O. The number of amides is 2. The number of nitrogens with one attached hydrogen (secondary N) is 1. The van der Waals surface area contributed by atoms with Gasteiger partial charge in [0.1, 0.15) is 6.04 Å². The molecular formula is C32H40ClN3O4S. The molecule has 2 atom stereocenters. The van der Waals surface area contributed by atoms with Crippen LogP contribution >= 0.6 is 11.6 Å². The highest BCUT2D eigenvalue weighted by atomic mass is 35.5. The first-order valence-electron chi connectivity index (χ1n) is 13.9. The zero-order chi connectivity index (χ0) is 30.0. The van der Waals surface area contributed by atoms with Crippen molar-refractivity contribution in [2.24, 2.45) is 0 Å². The van der Waals surface area contributed by atoms with Crippen LogP contribution in [0.5, 0.6) is 0 Å². The molecule has 2 amide bonds. The summed E-state index contributed by atoms with van der Waals surface area (Å²) in [5.74, 6) is -0.426. The van der Waals surface area contributed by atoms with Crippen molar-refractivity contribution in [2.45, 2.75) is 65.1 Å². The first-order valence-corrected chi connectivity index (χ1v) is 16.1. The topological polar surface area (TPSA) is 86.8 Å². The van der Waals surface area contributed by atoms with E-state index in [1.54, 1.807) is 30.0 Å². The minimum absolute atomic E-state index is 0.0429. The molecule has 0 aliphatic heterocycles. The fourth-order valence-electron chi connectivity index (χ4n) is 4.62. The van der Waals surface area contributed by atoms with Crippen molar-refractivity contribution in [3.05, 3.63) is 101 Å². The van der Waals surface area contributed by atoms with Crippen molar-refractivity contribution in [1.82, 2.24) is 10.2 Å². The molecule has 7 nitrogen and oxygen atoms in total. The molecule has 9 heteroatoms. The standard InChI is InChI=1S/C32H40ClN3O4S/c1-5-24(2)34-32(38)30(22-26-14-8-6-9-15-26)35(23-27-16-10-7-11-17-27)31(37)20-13-21-36(41(4,39)40)29-19-12-18-28(33)25(29)3/h6-12,14-19,24,30H,5,13,20-23H2,1-4H3,(H,34,38). The molecule has 0 aromatic heterocycles. The quantitative estimate of drug-likeness (QED) is 0.256. The fourth-order valence-corrected chi connectivity index (χ4v) is 5.81. The summed E-state index contributed by atoms with van der Waals surface area (Å²) in [7, 11) is -3.63. The van der Waals surface area contributed by atoms with Gasteiger partial charge in [-0.3, -0.25) is 13.9 Å². The third-order valence-electron chi connectivity index (χ3n) is 7.13. The number of benzene rings is 3. The molecule has 0 heterocycles. The van der Waals surface area contributed by atoms with Gasteiger partial charge in [0.05, 0.1) is 11.9 Å². The highest BCUT2D eigenvalue weighted by molar-refractivity contribution is 7.92. The largest absolute Gasteiger partial charge is 0.352 e. The van der Waals surface area contributed by atoms with Crippen LogP contribution in [0.1, 0.15) is 49.8 Å². The highest BCUT2D eigenvalue weighted by Gasteiger charge is 2.31. The van der Waals surface area contributed by atoms with Crippen molar-refractivity contribution in [3.8, 4) is 0 Å². The number of carbonyl (C=O) groups is 2. The Morgan fingerprint density at radius 1 is 0.927 bits per heavy atom. The second-order valence-electron chi connectivity index (χ2n) is 10.4. The molecule has 0 saturated carbocycles. The minimum atomic E-state index is -3.63. The zero-order valence-corrected chi connectivity index (χ0v) is 25.8. The van der Waals surface area contributed by atoms with E-state index in [1.165, 1.54) is 4.31 Å². The molecule has 220 valence electrons. The van der Waals surface area contributed by atoms with Gasteiger partial charge in [-0.1, -0.05) is 85.3 Å². The van der Waals surface area contributed by atoms with E-state index in [4.69, 9.17) is 11.6 Å². The van der Waals surface area contributed by atoms with E-state index in [-0.39, 0.29) is 43.8 Å². The number of anilines is 1. The van der Waals surface area contributed by atoms with Crippen LogP contribution < -0.4 is 9.62 Å². The number of hydrogen-bond acceptors (Lipinski definition) is 4. The third-order valence-corrected chi connectivity index (χ3v) is 8.72. The van der Waals surface area contributed by atoms with E-state index in [0.29, 0.717) is 22.7 Å². The molecule has 2 unspecified atom stereocenters. The lowest BCUT2D eigenvalue weighted by Gasteiger charge is -2.33. The van der Waals surface area contributed by atoms with E-state index >= 15 is 0 Å². The zero-order valence-electron chi connectivity index (χ0n) is 24.2. The van der Waals surface area contributed by atoms with Crippen molar-refractivity contribution >= 4 is 39.1 Å². The average molecular weight is 598 g/mol. The summed E-state index contributed by atoms with van der Waals surface area (Å²) in [5, 5.41) is 3.54. The van der Waals surface area contributed by atoms with Gasteiger partial charge >= 0.3 is 0 Å². The summed E-state index contributed by atoms with van der Waals surface area (Å²) in [6, 6.07) is 23.6. The molecule has 0 aliphatic carbocycles. The summed E-state index contributed by atoms with van der Waals surface area (Å²) in [4.78, 5) is 29.1. The summed E-state index contributed by atoms with van der Waals surface area (Å²) in [6.45, 7) is 6.08. The number of sulfonamides is 1. The Balaban J connectivity index is 1.89. The summed E-state index contributed by atoms with van der Waals surface area (Å²) >= 11 is 6.27. The van der Waals surface area contributed by atoms with Gasteiger partial charge in [0.2, 0.25) is 21.8 Å². The van der Waals surface area contributed by atoms with Crippen molar-refractivity contribution in [3.63, 3.8) is 0 Å². The van der Waals surface area contributed by atoms with Gasteiger partial charge in [0, 0.05) is 37.0 Å². The van der Waals surface area contributed by atoms with E-state index in [9.17, 15) is 18.0 Å². The van der Waals surface area contributed by atoms with Crippen LogP contribution in [0.25, 0.3) is 0 Å². The molecule has 0 spiro atoms. The first-order chi connectivity index (χ1) is 19.5. The molecule has 0 fully saturated rings. The smallest absolute Gasteiger partial charge is 0.243 e. The van der Waals surface area contributed by atoms with Crippen LogP contribution in [0.3, 0.4) is 0 Å². The molecule has 3 aromatic carbocycles. The van der Waals surface area contributed by atoms with Crippen molar-refractivity contribution in [2.75, 3.05) is 17.1 Å². The molecule has 3 rings (SSSR count). The van der Waals surface area contributed by atoms with E-state index in [0.717, 1.165) is 23.8 Å². The Morgan fingerprint density at radius 3 is 2.12 bits per heavy atom. The maximum atomic E-state index is 13.9. The minimum Gasteiger partial charge on any atom is -0.352 e. The number of nitrogens with zero attached hydrogens (tertiary/aromatic N) is 2. The Morgan fingerprint density at radius 2 is 1.54 bits per heavy atom. The van der Waals surface area contributed by atoms with E-state index in [2.05, 4.69) is 5.32 Å². The van der Waals surface area contributed by atoms with E-state index in [1.807, 2.05) is 74.5 Å². The second kappa shape index (κ2) is 15.0. The van der Waals surface area contributed by atoms with Crippen LogP contribution in [0.4, 0.5) is 5.69 Å². The number of carbonyl (C=O) groups excluding carboxylic acids is 2. The molecular weight excluding hydrogens is 558 g/mol. The highest BCUT2D eigenvalue weighted by Crippen LogP contribution is 2.28. The maximum Gasteiger partial charge on any atom is 0.243 e. The van der Waals surface area contributed by atoms with Gasteiger partial charge < -0.3 is 10.2 Å². The predicted molar refractivity (Wildman–Crippen MR) is 166 cm³/mol. The number of hydrogen-bond donors (Lipinski definition) is 1. The summed E-state index contributed by atoms with van der Waals surface area (Å²) in [6.07, 6.45) is 2.61. The molecule has 0 aliphatic rings. The van der Waals surface area contributed by atoms with Crippen molar-refractivity contribution in [1.29, 1.82) is 0 Å². The van der Waals surface area contributed by atoms with Gasteiger partial charge in [0.25, 0.3) is 0 Å². The molecule has 0 saturated heterocycles.